The van der Waals surface area contributed by atoms with Gasteiger partial charge in [0.2, 0.25) is 12.7 Å². The first-order valence-electron chi connectivity index (χ1n) is 9.58. The number of benzene rings is 2. The normalized spacial score (nSPS) is 15.7. The van der Waals surface area contributed by atoms with E-state index >= 15 is 0 Å². The lowest BCUT2D eigenvalue weighted by Gasteiger charge is -2.34. The summed E-state index contributed by atoms with van der Waals surface area (Å²) in [5, 5.41) is 2.84. The molecule has 2 heterocycles. The molecule has 4 rings (SSSR count). The molecule has 0 atom stereocenters. The first-order valence-corrected chi connectivity index (χ1v) is 9.58. The van der Waals surface area contributed by atoms with Crippen molar-refractivity contribution in [3.8, 4) is 17.2 Å². The van der Waals surface area contributed by atoms with Crippen LogP contribution in [-0.4, -0.2) is 68.2 Å². The molecule has 8 nitrogen and oxygen atoms in total. The van der Waals surface area contributed by atoms with Crippen molar-refractivity contribution in [3.63, 3.8) is 0 Å². The van der Waals surface area contributed by atoms with Crippen LogP contribution in [0.4, 0.5) is 10.1 Å². The molecular weight excluding hydrogens is 393 g/mol. The quantitative estimate of drug-likeness (QED) is 0.804. The van der Waals surface area contributed by atoms with Crippen LogP contribution < -0.4 is 19.5 Å². The Morgan fingerprint density at radius 1 is 1.10 bits per heavy atom. The SMILES string of the molecule is COc1cc2c(cc1NC(=O)CN1CCN(C(=O)c3cccc(F)c3)CC1)OCO2. The minimum absolute atomic E-state index is 0.133. The van der Waals surface area contributed by atoms with Crippen LogP contribution in [0.15, 0.2) is 36.4 Å². The third kappa shape index (κ3) is 4.30. The van der Waals surface area contributed by atoms with Gasteiger partial charge in [-0.3, -0.25) is 14.5 Å². The number of ether oxygens (including phenoxy) is 3. The second-order valence-electron chi connectivity index (χ2n) is 7.03. The smallest absolute Gasteiger partial charge is 0.254 e. The molecule has 2 aromatic rings. The fraction of sp³-hybridized carbons (Fsp3) is 0.333. The number of amides is 2. The predicted octanol–water partition coefficient (Wildman–Crippen LogP) is 1.96. The Hall–Kier alpha value is -3.33. The number of anilines is 1. The van der Waals surface area contributed by atoms with Crippen molar-refractivity contribution >= 4 is 17.5 Å². The van der Waals surface area contributed by atoms with Gasteiger partial charge in [-0.2, -0.15) is 0 Å². The number of carbonyl (C=O) groups is 2. The standard InChI is InChI=1S/C21H22FN3O5/c1-28-17-11-19-18(29-13-30-19)10-16(17)23-20(26)12-24-5-7-25(8-6-24)21(27)14-3-2-4-15(22)9-14/h2-4,9-11H,5-8,12-13H2,1H3,(H,23,26). The molecule has 2 aliphatic rings. The van der Waals surface area contributed by atoms with Gasteiger partial charge in [0.25, 0.3) is 5.91 Å². The van der Waals surface area contributed by atoms with E-state index in [2.05, 4.69) is 5.32 Å². The van der Waals surface area contributed by atoms with E-state index in [9.17, 15) is 14.0 Å². The highest BCUT2D eigenvalue weighted by atomic mass is 19.1. The number of nitrogens with one attached hydrogen (secondary N) is 1. The Balaban J connectivity index is 1.31. The van der Waals surface area contributed by atoms with Crippen LogP contribution >= 0.6 is 0 Å². The van der Waals surface area contributed by atoms with E-state index in [0.717, 1.165) is 0 Å². The maximum Gasteiger partial charge on any atom is 0.254 e. The first-order chi connectivity index (χ1) is 14.5. The summed E-state index contributed by atoms with van der Waals surface area (Å²) in [6.07, 6.45) is 0. The van der Waals surface area contributed by atoms with Gasteiger partial charge in [-0.05, 0) is 18.2 Å². The molecule has 0 unspecified atom stereocenters. The van der Waals surface area contributed by atoms with Gasteiger partial charge in [0.1, 0.15) is 11.6 Å². The number of halogens is 1. The molecule has 1 saturated heterocycles. The number of fused-ring (bicyclic) bond motifs is 1. The molecule has 2 aromatic carbocycles. The molecule has 0 aliphatic carbocycles. The lowest BCUT2D eigenvalue weighted by atomic mass is 10.1. The highest BCUT2D eigenvalue weighted by molar-refractivity contribution is 5.95. The second kappa shape index (κ2) is 8.58. The molecule has 30 heavy (non-hydrogen) atoms. The van der Waals surface area contributed by atoms with Crippen molar-refractivity contribution in [2.75, 3.05) is 51.9 Å². The molecular formula is C21H22FN3O5. The summed E-state index contributed by atoms with van der Waals surface area (Å²) in [7, 11) is 1.52. The number of piperazine rings is 1. The van der Waals surface area contributed by atoms with Crippen LogP contribution in [-0.2, 0) is 4.79 Å². The van der Waals surface area contributed by atoms with E-state index in [1.54, 1.807) is 23.1 Å². The molecule has 158 valence electrons. The average molecular weight is 415 g/mol. The number of nitrogens with zero attached hydrogens (tertiary/aromatic N) is 2. The van der Waals surface area contributed by atoms with Crippen LogP contribution in [0, 0.1) is 5.82 Å². The zero-order chi connectivity index (χ0) is 21.1. The van der Waals surface area contributed by atoms with Crippen LogP contribution in [0.3, 0.4) is 0 Å². The Kier molecular flexibility index (Phi) is 5.71. The summed E-state index contributed by atoms with van der Waals surface area (Å²) in [4.78, 5) is 28.7. The predicted molar refractivity (Wildman–Crippen MR) is 106 cm³/mol. The minimum atomic E-state index is -0.435. The molecule has 2 amide bonds. The summed E-state index contributed by atoms with van der Waals surface area (Å²) in [6.45, 7) is 2.35. The van der Waals surface area contributed by atoms with Gasteiger partial charge in [0.05, 0.1) is 19.3 Å². The zero-order valence-electron chi connectivity index (χ0n) is 16.5. The van der Waals surface area contributed by atoms with E-state index < -0.39 is 5.82 Å². The topological polar surface area (TPSA) is 80.3 Å². The van der Waals surface area contributed by atoms with Gasteiger partial charge in [-0.25, -0.2) is 4.39 Å². The lowest BCUT2D eigenvalue weighted by molar-refractivity contribution is -0.117. The van der Waals surface area contributed by atoms with Crippen LogP contribution in [0.25, 0.3) is 0 Å². The van der Waals surface area contributed by atoms with E-state index in [1.807, 2.05) is 4.90 Å². The number of rotatable bonds is 5. The van der Waals surface area contributed by atoms with E-state index in [0.29, 0.717) is 54.7 Å². The molecule has 0 saturated carbocycles. The molecule has 1 fully saturated rings. The fourth-order valence-electron chi connectivity index (χ4n) is 3.50. The maximum absolute atomic E-state index is 13.4. The summed E-state index contributed by atoms with van der Waals surface area (Å²) in [5.74, 6) is 0.772. The van der Waals surface area contributed by atoms with E-state index in [1.165, 1.54) is 25.3 Å². The molecule has 1 N–H and O–H groups in total. The first kappa shape index (κ1) is 20.0. The average Bonchev–Trinajstić information content (AvgIpc) is 3.20. The van der Waals surface area contributed by atoms with Crippen molar-refractivity contribution in [1.29, 1.82) is 0 Å². The van der Waals surface area contributed by atoms with Gasteiger partial charge in [0, 0.05) is 43.9 Å². The molecule has 0 bridgehead atoms. The van der Waals surface area contributed by atoms with Gasteiger partial charge < -0.3 is 24.4 Å². The monoisotopic (exact) mass is 415 g/mol. The van der Waals surface area contributed by atoms with Crippen LogP contribution in [0.1, 0.15) is 10.4 Å². The summed E-state index contributed by atoms with van der Waals surface area (Å²) >= 11 is 0. The van der Waals surface area contributed by atoms with Crippen molar-refractivity contribution in [2.45, 2.75) is 0 Å². The Morgan fingerprint density at radius 2 is 1.83 bits per heavy atom. The summed E-state index contributed by atoms with van der Waals surface area (Å²) in [6, 6.07) is 9.02. The Bertz CT molecular complexity index is 960. The van der Waals surface area contributed by atoms with Crippen molar-refractivity contribution in [3.05, 3.63) is 47.8 Å². The molecule has 9 heteroatoms. The van der Waals surface area contributed by atoms with Gasteiger partial charge in [0.15, 0.2) is 11.5 Å². The minimum Gasteiger partial charge on any atom is -0.494 e. The highest BCUT2D eigenvalue weighted by Crippen LogP contribution is 2.40. The molecule has 0 spiro atoms. The zero-order valence-corrected chi connectivity index (χ0v) is 16.5. The number of hydrogen-bond acceptors (Lipinski definition) is 6. The van der Waals surface area contributed by atoms with Gasteiger partial charge in [-0.15, -0.1) is 0 Å². The van der Waals surface area contributed by atoms with Crippen molar-refractivity contribution < 1.29 is 28.2 Å². The number of carbonyl (C=O) groups excluding carboxylic acids is 2. The summed E-state index contributed by atoms with van der Waals surface area (Å²) in [5.41, 5.74) is 0.836. The third-order valence-corrected chi connectivity index (χ3v) is 5.07. The lowest BCUT2D eigenvalue weighted by Crippen LogP contribution is -2.50. The summed E-state index contributed by atoms with van der Waals surface area (Å²) < 4.78 is 29.3. The number of hydrogen-bond donors (Lipinski definition) is 1. The molecule has 2 aliphatic heterocycles. The van der Waals surface area contributed by atoms with Gasteiger partial charge in [-0.1, -0.05) is 6.07 Å². The Morgan fingerprint density at radius 3 is 2.53 bits per heavy atom. The van der Waals surface area contributed by atoms with E-state index in [-0.39, 0.29) is 25.2 Å². The molecule has 0 radical (unpaired) electrons. The largest absolute Gasteiger partial charge is 0.494 e. The Labute approximate surface area is 173 Å². The van der Waals surface area contributed by atoms with Crippen LogP contribution in [0.2, 0.25) is 0 Å². The van der Waals surface area contributed by atoms with Crippen LogP contribution in [0.5, 0.6) is 17.2 Å². The van der Waals surface area contributed by atoms with E-state index in [4.69, 9.17) is 14.2 Å². The van der Waals surface area contributed by atoms with Gasteiger partial charge >= 0.3 is 0 Å². The van der Waals surface area contributed by atoms with Crippen molar-refractivity contribution in [1.82, 2.24) is 9.80 Å². The third-order valence-electron chi connectivity index (χ3n) is 5.07. The molecule has 0 aromatic heterocycles. The maximum atomic E-state index is 13.4. The highest BCUT2D eigenvalue weighted by Gasteiger charge is 2.24. The van der Waals surface area contributed by atoms with Crippen molar-refractivity contribution in [2.24, 2.45) is 0 Å². The fourth-order valence-corrected chi connectivity index (χ4v) is 3.50. The second-order valence-corrected chi connectivity index (χ2v) is 7.03. The number of methoxy groups -OCH3 is 1.